The maximum absolute atomic E-state index is 11.9. The van der Waals surface area contributed by atoms with Crippen LogP contribution < -0.4 is 10.2 Å². The Morgan fingerprint density at radius 3 is 2.57 bits per heavy atom. The lowest BCUT2D eigenvalue weighted by Gasteiger charge is -2.32. The molecule has 1 aromatic carbocycles. The number of nitrogens with zero attached hydrogens (tertiary/aromatic N) is 2. The summed E-state index contributed by atoms with van der Waals surface area (Å²) in [6.07, 6.45) is 3.87. The van der Waals surface area contributed by atoms with Gasteiger partial charge in [-0.2, -0.15) is 0 Å². The SMILES string of the molecule is CC1CCN(c2ccc(NC(=O)c3ccon3)cc2)CC1. The van der Waals surface area contributed by atoms with Gasteiger partial charge in [-0.15, -0.1) is 0 Å². The van der Waals surface area contributed by atoms with Crippen LogP contribution in [0.25, 0.3) is 0 Å². The Balaban J connectivity index is 1.63. The van der Waals surface area contributed by atoms with Crippen LogP contribution in [-0.4, -0.2) is 24.2 Å². The molecule has 0 spiro atoms. The van der Waals surface area contributed by atoms with E-state index in [1.807, 2.05) is 24.3 Å². The monoisotopic (exact) mass is 285 g/mol. The van der Waals surface area contributed by atoms with Crippen molar-refractivity contribution in [1.29, 1.82) is 0 Å². The maximum atomic E-state index is 11.9. The van der Waals surface area contributed by atoms with Crippen LogP contribution in [-0.2, 0) is 0 Å². The van der Waals surface area contributed by atoms with Crippen LogP contribution in [0.2, 0.25) is 0 Å². The third-order valence-electron chi connectivity index (χ3n) is 3.94. The number of anilines is 2. The van der Waals surface area contributed by atoms with Crippen molar-refractivity contribution in [2.45, 2.75) is 19.8 Å². The molecule has 5 heteroatoms. The van der Waals surface area contributed by atoms with Crippen LogP contribution in [0.15, 0.2) is 41.1 Å². The van der Waals surface area contributed by atoms with E-state index in [0.717, 1.165) is 24.7 Å². The molecule has 1 aromatic heterocycles. The van der Waals surface area contributed by atoms with E-state index in [-0.39, 0.29) is 11.6 Å². The fourth-order valence-electron chi connectivity index (χ4n) is 2.55. The van der Waals surface area contributed by atoms with E-state index in [4.69, 9.17) is 0 Å². The summed E-state index contributed by atoms with van der Waals surface area (Å²) in [6.45, 7) is 4.51. The molecule has 1 aliphatic rings. The number of nitrogens with one attached hydrogen (secondary N) is 1. The predicted octanol–water partition coefficient (Wildman–Crippen LogP) is 3.16. The summed E-state index contributed by atoms with van der Waals surface area (Å²) in [5.41, 5.74) is 2.25. The summed E-state index contributed by atoms with van der Waals surface area (Å²) in [7, 11) is 0. The van der Waals surface area contributed by atoms with E-state index in [2.05, 4.69) is 26.8 Å². The molecule has 1 fully saturated rings. The van der Waals surface area contributed by atoms with Gasteiger partial charge in [-0.05, 0) is 43.0 Å². The Kier molecular flexibility index (Phi) is 3.90. The van der Waals surface area contributed by atoms with E-state index < -0.39 is 0 Å². The van der Waals surface area contributed by atoms with E-state index in [9.17, 15) is 4.79 Å². The summed E-state index contributed by atoms with van der Waals surface area (Å²) in [4.78, 5) is 14.2. The van der Waals surface area contributed by atoms with Crippen LogP contribution in [0.4, 0.5) is 11.4 Å². The molecule has 0 saturated carbocycles. The van der Waals surface area contributed by atoms with Crippen LogP contribution in [0, 0.1) is 5.92 Å². The molecular formula is C16H19N3O2. The third kappa shape index (κ3) is 3.24. The number of amides is 1. The molecular weight excluding hydrogens is 266 g/mol. The molecule has 0 bridgehead atoms. The van der Waals surface area contributed by atoms with Crippen molar-refractivity contribution in [2.75, 3.05) is 23.3 Å². The molecule has 110 valence electrons. The first-order valence-corrected chi connectivity index (χ1v) is 7.29. The van der Waals surface area contributed by atoms with Crippen LogP contribution in [0.5, 0.6) is 0 Å². The van der Waals surface area contributed by atoms with Crippen LogP contribution >= 0.6 is 0 Å². The van der Waals surface area contributed by atoms with Crippen molar-refractivity contribution >= 4 is 17.3 Å². The number of carbonyl (C=O) groups excluding carboxylic acids is 1. The number of aromatic nitrogens is 1. The van der Waals surface area contributed by atoms with Crippen molar-refractivity contribution in [2.24, 2.45) is 5.92 Å². The first-order chi connectivity index (χ1) is 10.2. The second kappa shape index (κ2) is 5.99. The van der Waals surface area contributed by atoms with Crippen LogP contribution in [0.3, 0.4) is 0 Å². The average Bonchev–Trinajstić information content (AvgIpc) is 3.03. The second-order valence-electron chi connectivity index (χ2n) is 5.56. The predicted molar refractivity (Wildman–Crippen MR) is 81.5 cm³/mol. The zero-order valence-electron chi connectivity index (χ0n) is 12.1. The molecule has 2 heterocycles. The lowest BCUT2D eigenvalue weighted by molar-refractivity contribution is 0.101. The van der Waals surface area contributed by atoms with Gasteiger partial charge in [-0.25, -0.2) is 0 Å². The van der Waals surface area contributed by atoms with Crippen molar-refractivity contribution < 1.29 is 9.32 Å². The molecule has 0 atom stereocenters. The number of rotatable bonds is 3. The van der Waals surface area contributed by atoms with Crippen LogP contribution in [0.1, 0.15) is 30.3 Å². The normalized spacial score (nSPS) is 16.0. The first kappa shape index (κ1) is 13.7. The van der Waals surface area contributed by atoms with Gasteiger partial charge >= 0.3 is 0 Å². The fourth-order valence-corrected chi connectivity index (χ4v) is 2.55. The summed E-state index contributed by atoms with van der Waals surface area (Å²) >= 11 is 0. The second-order valence-corrected chi connectivity index (χ2v) is 5.56. The van der Waals surface area contributed by atoms with Crippen molar-refractivity contribution in [1.82, 2.24) is 5.16 Å². The minimum atomic E-state index is -0.261. The molecule has 21 heavy (non-hydrogen) atoms. The zero-order chi connectivity index (χ0) is 14.7. The number of piperidine rings is 1. The number of hydrogen-bond donors (Lipinski definition) is 1. The highest BCUT2D eigenvalue weighted by Gasteiger charge is 2.16. The van der Waals surface area contributed by atoms with Gasteiger partial charge < -0.3 is 14.7 Å². The quantitative estimate of drug-likeness (QED) is 0.941. The van der Waals surface area contributed by atoms with E-state index in [0.29, 0.717) is 0 Å². The molecule has 0 unspecified atom stereocenters. The first-order valence-electron chi connectivity index (χ1n) is 7.29. The summed E-state index contributed by atoms with van der Waals surface area (Å²) in [5.74, 6) is 0.561. The Morgan fingerprint density at radius 1 is 1.24 bits per heavy atom. The lowest BCUT2D eigenvalue weighted by atomic mass is 9.99. The van der Waals surface area contributed by atoms with Crippen molar-refractivity contribution in [3.05, 3.63) is 42.3 Å². The molecule has 1 saturated heterocycles. The standard InChI is InChI=1S/C16H19N3O2/c1-12-6-9-19(10-7-12)14-4-2-13(3-5-14)17-16(20)15-8-11-21-18-15/h2-5,8,11-12H,6-7,9-10H2,1H3,(H,17,20). The minimum absolute atomic E-state index is 0.261. The molecule has 5 nitrogen and oxygen atoms in total. The van der Waals surface area contributed by atoms with Gasteiger partial charge in [0.05, 0.1) is 0 Å². The number of hydrogen-bond acceptors (Lipinski definition) is 4. The molecule has 3 rings (SSSR count). The minimum Gasteiger partial charge on any atom is -0.372 e. The van der Waals surface area contributed by atoms with Gasteiger partial charge in [0.1, 0.15) is 6.26 Å². The molecule has 1 aliphatic heterocycles. The largest absolute Gasteiger partial charge is 0.372 e. The van der Waals surface area contributed by atoms with E-state index in [1.54, 1.807) is 6.07 Å². The smallest absolute Gasteiger partial charge is 0.277 e. The van der Waals surface area contributed by atoms with E-state index >= 15 is 0 Å². The molecule has 1 N–H and O–H groups in total. The Hall–Kier alpha value is -2.30. The summed E-state index contributed by atoms with van der Waals surface area (Å²) < 4.78 is 4.66. The third-order valence-corrected chi connectivity index (χ3v) is 3.94. The lowest BCUT2D eigenvalue weighted by Crippen LogP contribution is -2.32. The van der Waals surface area contributed by atoms with Gasteiger partial charge in [0.25, 0.3) is 5.91 Å². The van der Waals surface area contributed by atoms with Gasteiger partial charge in [-0.1, -0.05) is 12.1 Å². The highest BCUT2D eigenvalue weighted by atomic mass is 16.5. The Morgan fingerprint density at radius 2 is 1.95 bits per heavy atom. The van der Waals surface area contributed by atoms with Gasteiger partial charge in [-0.3, -0.25) is 4.79 Å². The Labute approximate surface area is 123 Å². The van der Waals surface area contributed by atoms with E-state index in [1.165, 1.54) is 24.8 Å². The van der Waals surface area contributed by atoms with Gasteiger partial charge in [0.2, 0.25) is 0 Å². The molecule has 1 amide bonds. The van der Waals surface area contributed by atoms with Gasteiger partial charge in [0.15, 0.2) is 5.69 Å². The summed E-state index contributed by atoms with van der Waals surface area (Å²) in [6, 6.07) is 9.48. The molecule has 0 aliphatic carbocycles. The maximum Gasteiger partial charge on any atom is 0.277 e. The van der Waals surface area contributed by atoms with Gasteiger partial charge in [0, 0.05) is 30.5 Å². The molecule has 0 radical (unpaired) electrons. The Bertz CT molecular complexity index is 584. The number of carbonyl (C=O) groups is 1. The highest BCUT2D eigenvalue weighted by molar-refractivity contribution is 6.02. The highest BCUT2D eigenvalue weighted by Crippen LogP contribution is 2.24. The summed E-state index contributed by atoms with van der Waals surface area (Å²) in [5, 5.41) is 6.42. The van der Waals surface area contributed by atoms with Crippen molar-refractivity contribution in [3.63, 3.8) is 0 Å². The number of benzene rings is 1. The van der Waals surface area contributed by atoms with Crippen molar-refractivity contribution in [3.8, 4) is 0 Å². The topological polar surface area (TPSA) is 58.4 Å². The average molecular weight is 285 g/mol. The zero-order valence-corrected chi connectivity index (χ0v) is 12.1. The fraction of sp³-hybridized carbons (Fsp3) is 0.375. The molecule has 2 aromatic rings.